The summed E-state index contributed by atoms with van der Waals surface area (Å²) >= 11 is 0. The van der Waals surface area contributed by atoms with E-state index in [9.17, 15) is 14.4 Å². The minimum atomic E-state index is -0.579. The Morgan fingerprint density at radius 3 is 2.53 bits per heavy atom. The minimum absolute atomic E-state index is 0.144. The maximum atomic E-state index is 12.9. The number of hydrogen-bond acceptors (Lipinski definition) is 5. The van der Waals surface area contributed by atoms with Crippen molar-refractivity contribution in [2.75, 3.05) is 11.9 Å². The van der Waals surface area contributed by atoms with Crippen molar-refractivity contribution < 1.29 is 14.4 Å². The number of piperidine rings is 1. The third-order valence-electron chi connectivity index (χ3n) is 5.62. The van der Waals surface area contributed by atoms with Gasteiger partial charge in [-0.1, -0.05) is 31.2 Å². The first kappa shape index (κ1) is 20.1. The molecule has 0 radical (unpaired) electrons. The number of benzene rings is 2. The molecule has 7 heteroatoms. The van der Waals surface area contributed by atoms with Gasteiger partial charge in [-0.2, -0.15) is 0 Å². The standard InChI is InChI=1S/C23H26N4O3/c1-2-24-12-15-4-7-18(8-5-15)25-13-16-3-6-17-14-27(23(30)19(17)11-16)20-9-10-21(28)26-22(20)29/h3-8,11,20,24-25H,2,9-10,12-14H2,1H3,(H,26,28,29). The zero-order chi connectivity index (χ0) is 21.1. The fraction of sp³-hybridized carbons (Fsp3) is 0.348. The molecule has 0 aromatic heterocycles. The largest absolute Gasteiger partial charge is 0.381 e. The second kappa shape index (κ2) is 8.67. The average molecular weight is 406 g/mol. The lowest BCUT2D eigenvalue weighted by Crippen LogP contribution is -2.52. The summed E-state index contributed by atoms with van der Waals surface area (Å²) in [4.78, 5) is 38.0. The van der Waals surface area contributed by atoms with Crippen molar-refractivity contribution in [3.05, 3.63) is 64.7 Å². The van der Waals surface area contributed by atoms with Gasteiger partial charge in [-0.3, -0.25) is 19.7 Å². The number of anilines is 1. The highest BCUT2D eigenvalue weighted by molar-refractivity contribution is 6.05. The monoisotopic (exact) mass is 406 g/mol. The van der Waals surface area contributed by atoms with Crippen LogP contribution in [0.1, 0.15) is 46.8 Å². The molecular formula is C23H26N4O3. The first-order valence-electron chi connectivity index (χ1n) is 10.3. The van der Waals surface area contributed by atoms with Crippen molar-refractivity contribution in [3.8, 4) is 0 Å². The van der Waals surface area contributed by atoms with Crippen molar-refractivity contribution in [3.63, 3.8) is 0 Å². The molecule has 2 aromatic rings. The van der Waals surface area contributed by atoms with Gasteiger partial charge in [0.2, 0.25) is 11.8 Å². The number of carbonyl (C=O) groups is 3. The van der Waals surface area contributed by atoms with E-state index in [2.05, 4.69) is 47.1 Å². The van der Waals surface area contributed by atoms with Gasteiger partial charge in [0, 0.05) is 37.3 Å². The number of hydrogen-bond donors (Lipinski definition) is 3. The van der Waals surface area contributed by atoms with E-state index in [4.69, 9.17) is 0 Å². The molecule has 2 aromatic carbocycles. The Balaban J connectivity index is 1.39. The van der Waals surface area contributed by atoms with Gasteiger partial charge in [0.05, 0.1) is 0 Å². The molecule has 4 rings (SSSR count). The average Bonchev–Trinajstić information content (AvgIpc) is 3.07. The summed E-state index contributed by atoms with van der Waals surface area (Å²) < 4.78 is 0. The van der Waals surface area contributed by atoms with Crippen LogP contribution in [0.25, 0.3) is 0 Å². The van der Waals surface area contributed by atoms with Crippen LogP contribution >= 0.6 is 0 Å². The molecule has 0 saturated carbocycles. The summed E-state index contributed by atoms with van der Waals surface area (Å²) in [5.41, 5.74) is 4.82. The highest BCUT2D eigenvalue weighted by Gasteiger charge is 2.39. The van der Waals surface area contributed by atoms with Crippen molar-refractivity contribution >= 4 is 23.4 Å². The molecule has 1 atom stereocenters. The topological polar surface area (TPSA) is 90.5 Å². The molecule has 1 unspecified atom stereocenters. The van der Waals surface area contributed by atoms with E-state index in [1.165, 1.54) is 5.56 Å². The van der Waals surface area contributed by atoms with Gasteiger partial charge in [0.15, 0.2) is 0 Å². The van der Waals surface area contributed by atoms with E-state index in [-0.39, 0.29) is 24.1 Å². The number of fused-ring (bicyclic) bond motifs is 1. The number of carbonyl (C=O) groups excluding carboxylic acids is 3. The summed E-state index contributed by atoms with van der Waals surface area (Å²) in [5, 5.41) is 9.03. The fourth-order valence-electron chi connectivity index (χ4n) is 3.93. The van der Waals surface area contributed by atoms with Crippen molar-refractivity contribution in [2.45, 2.75) is 45.4 Å². The molecule has 0 bridgehead atoms. The van der Waals surface area contributed by atoms with Crippen LogP contribution in [0, 0.1) is 0 Å². The summed E-state index contributed by atoms with van der Waals surface area (Å²) in [6, 6.07) is 13.6. The maximum Gasteiger partial charge on any atom is 0.255 e. The Labute approximate surface area is 175 Å². The molecule has 0 aliphatic carbocycles. The molecule has 1 fully saturated rings. The first-order valence-corrected chi connectivity index (χ1v) is 10.3. The van der Waals surface area contributed by atoms with Crippen molar-refractivity contribution in [2.24, 2.45) is 0 Å². The molecule has 3 amide bonds. The van der Waals surface area contributed by atoms with Crippen molar-refractivity contribution in [1.82, 2.24) is 15.5 Å². The SMILES string of the molecule is CCNCc1ccc(NCc2ccc3c(c2)C(=O)N(C2CCC(=O)NC2=O)C3)cc1. The molecule has 3 N–H and O–H groups in total. The molecule has 7 nitrogen and oxygen atoms in total. The van der Waals surface area contributed by atoms with E-state index in [0.717, 1.165) is 29.9 Å². The second-order valence-corrected chi connectivity index (χ2v) is 7.72. The van der Waals surface area contributed by atoms with E-state index in [1.54, 1.807) is 4.90 Å². The Morgan fingerprint density at radius 2 is 1.80 bits per heavy atom. The predicted molar refractivity (Wildman–Crippen MR) is 114 cm³/mol. The highest BCUT2D eigenvalue weighted by atomic mass is 16.2. The van der Waals surface area contributed by atoms with E-state index in [1.807, 2.05) is 18.2 Å². The lowest BCUT2D eigenvalue weighted by atomic mass is 10.0. The molecule has 1 saturated heterocycles. The van der Waals surface area contributed by atoms with Crippen molar-refractivity contribution in [1.29, 1.82) is 0 Å². The number of nitrogens with one attached hydrogen (secondary N) is 3. The van der Waals surface area contributed by atoms with Gasteiger partial charge in [-0.25, -0.2) is 0 Å². The molecular weight excluding hydrogens is 380 g/mol. The van der Waals surface area contributed by atoms with Gasteiger partial charge in [0.25, 0.3) is 5.91 Å². The summed E-state index contributed by atoms with van der Waals surface area (Å²) in [7, 11) is 0. The minimum Gasteiger partial charge on any atom is -0.381 e. The van der Waals surface area contributed by atoms with Crippen LogP contribution in [0.4, 0.5) is 5.69 Å². The molecule has 30 heavy (non-hydrogen) atoms. The number of amides is 3. The lowest BCUT2D eigenvalue weighted by molar-refractivity contribution is -0.136. The van der Waals surface area contributed by atoms with Crippen LogP contribution in [-0.2, 0) is 29.2 Å². The number of rotatable bonds is 7. The molecule has 2 heterocycles. The number of nitrogens with zero attached hydrogens (tertiary/aromatic N) is 1. The highest BCUT2D eigenvalue weighted by Crippen LogP contribution is 2.28. The Morgan fingerprint density at radius 1 is 1.03 bits per heavy atom. The third-order valence-corrected chi connectivity index (χ3v) is 5.62. The molecule has 2 aliphatic rings. The smallest absolute Gasteiger partial charge is 0.255 e. The van der Waals surface area contributed by atoms with E-state index in [0.29, 0.717) is 25.1 Å². The van der Waals surface area contributed by atoms with Gasteiger partial charge < -0.3 is 15.5 Å². The Kier molecular flexibility index (Phi) is 5.81. The molecule has 156 valence electrons. The van der Waals surface area contributed by atoms with E-state index >= 15 is 0 Å². The summed E-state index contributed by atoms with van der Waals surface area (Å²) in [6.07, 6.45) is 0.640. The third kappa shape index (κ3) is 4.21. The van der Waals surface area contributed by atoms with Crippen LogP contribution in [0.3, 0.4) is 0 Å². The van der Waals surface area contributed by atoms with Crippen LogP contribution in [0.5, 0.6) is 0 Å². The second-order valence-electron chi connectivity index (χ2n) is 7.72. The zero-order valence-corrected chi connectivity index (χ0v) is 17.0. The van der Waals surface area contributed by atoms with Crippen LogP contribution in [0.2, 0.25) is 0 Å². The van der Waals surface area contributed by atoms with Gasteiger partial charge in [-0.05, 0) is 47.9 Å². The van der Waals surface area contributed by atoms with Gasteiger partial charge in [-0.15, -0.1) is 0 Å². The number of imide groups is 1. The van der Waals surface area contributed by atoms with Gasteiger partial charge in [0.1, 0.15) is 6.04 Å². The quantitative estimate of drug-likeness (QED) is 0.613. The molecule has 2 aliphatic heterocycles. The fourth-order valence-corrected chi connectivity index (χ4v) is 3.93. The zero-order valence-electron chi connectivity index (χ0n) is 17.0. The normalized spacial score (nSPS) is 18.4. The summed E-state index contributed by atoms with van der Waals surface area (Å²) in [6.45, 7) is 4.89. The van der Waals surface area contributed by atoms with E-state index < -0.39 is 6.04 Å². The van der Waals surface area contributed by atoms with Crippen LogP contribution in [-0.4, -0.2) is 35.2 Å². The van der Waals surface area contributed by atoms with Crippen LogP contribution in [0.15, 0.2) is 42.5 Å². The molecule has 0 spiro atoms. The lowest BCUT2D eigenvalue weighted by Gasteiger charge is -2.29. The Hall–Kier alpha value is -3.19. The van der Waals surface area contributed by atoms with Gasteiger partial charge >= 0.3 is 0 Å². The van der Waals surface area contributed by atoms with Crippen LogP contribution < -0.4 is 16.0 Å². The Bertz CT molecular complexity index is 971. The summed E-state index contributed by atoms with van der Waals surface area (Å²) in [5.74, 6) is -0.801. The first-order chi connectivity index (χ1) is 14.5. The maximum absolute atomic E-state index is 12.9. The predicted octanol–water partition coefficient (Wildman–Crippen LogP) is 2.17.